The number of benzene rings is 4. The van der Waals surface area contributed by atoms with Crippen LogP contribution in [0.15, 0.2) is 109 Å². The van der Waals surface area contributed by atoms with Crippen molar-refractivity contribution in [3.63, 3.8) is 0 Å². The van der Waals surface area contributed by atoms with Gasteiger partial charge in [-0.3, -0.25) is 4.79 Å². The smallest absolute Gasteiger partial charge is 0.335 e. The van der Waals surface area contributed by atoms with E-state index in [1.54, 1.807) is 12.1 Å². The van der Waals surface area contributed by atoms with Gasteiger partial charge in [0.1, 0.15) is 12.4 Å². The number of rotatable bonds is 15. The van der Waals surface area contributed by atoms with Crippen LogP contribution in [0.25, 0.3) is 18.2 Å². The van der Waals surface area contributed by atoms with Crippen molar-refractivity contribution in [3.05, 3.63) is 143 Å². The molecule has 0 fully saturated rings. The van der Waals surface area contributed by atoms with E-state index in [0.29, 0.717) is 13.0 Å². The van der Waals surface area contributed by atoms with Crippen LogP contribution in [0.2, 0.25) is 0 Å². The Bertz CT molecular complexity index is 1490. The zero-order chi connectivity index (χ0) is 29.6. The molecule has 0 heterocycles. The second-order valence-corrected chi connectivity index (χ2v) is 10.3. The predicted molar refractivity (Wildman–Crippen MR) is 168 cm³/mol. The maximum Gasteiger partial charge on any atom is 0.335 e. The number of hydrogen-bond donors (Lipinski definition) is 2. The Morgan fingerprint density at radius 2 is 1.33 bits per heavy atom. The topological polar surface area (TPSA) is 83.8 Å². The molecule has 4 aromatic carbocycles. The average Bonchev–Trinajstić information content (AvgIpc) is 3.01. The summed E-state index contributed by atoms with van der Waals surface area (Å²) < 4.78 is 6.21. The summed E-state index contributed by atoms with van der Waals surface area (Å²) in [6.07, 6.45) is 11.6. The summed E-state index contributed by atoms with van der Waals surface area (Å²) in [4.78, 5) is 22.2. The first-order valence-electron chi connectivity index (χ1n) is 14.2. The number of hydrogen-bond acceptors (Lipinski definition) is 3. The van der Waals surface area contributed by atoms with Crippen molar-refractivity contribution < 1.29 is 24.5 Å². The summed E-state index contributed by atoms with van der Waals surface area (Å²) in [5, 5.41) is 18.2. The number of aliphatic carboxylic acids is 1. The summed E-state index contributed by atoms with van der Waals surface area (Å²) in [5.74, 6) is -0.772. The molecule has 0 aliphatic rings. The van der Waals surface area contributed by atoms with Crippen molar-refractivity contribution in [3.8, 4) is 5.75 Å². The van der Waals surface area contributed by atoms with E-state index in [4.69, 9.17) is 9.84 Å². The summed E-state index contributed by atoms with van der Waals surface area (Å²) in [5.41, 5.74) is 5.63. The summed E-state index contributed by atoms with van der Waals surface area (Å²) in [6, 6.07) is 33.4. The van der Waals surface area contributed by atoms with Gasteiger partial charge in [0, 0.05) is 12.0 Å². The van der Waals surface area contributed by atoms with Gasteiger partial charge in [-0.05, 0) is 65.6 Å². The second-order valence-electron chi connectivity index (χ2n) is 10.3. The summed E-state index contributed by atoms with van der Waals surface area (Å²) in [7, 11) is 0. The molecule has 0 aliphatic carbocycles. The van der Waals surface area contributed by atoms with Crippen LogP contribution in [0, 0.1) is 5.92 Å². The molecule has 42 heavy (non-hydrogen) atoms. The predicted octanol–water partition coefficient (Wildman–Crippen LogP) is 8.65. The third-order valence-electron chi connectivity index (χ3n) is 7.02. The fourth-order valence-electron chi connectivity index (χ4n) is 4.67. The minimum absolute atomic E-state index is 0.157. The molecule has 0 radical (unpaired) electrons. The number of carbonyl (C=O) groups is 2. The van der Waals surface area contributed by atoms with Crippen molar-refractivity contribution in [1.29, 1.82) is 0 Å². The average molecular weight is 561 g/mol. The van der Waals surface area contributed by atoms with E-state index < -0.39 is 11.9 Å². The van der Waals surface area contributed by atoms with Crippen LogP contribution in [0.1, 0.15) is 63.9 Å². The highest BCUT2D eigenvalue weighted by Crippen LogP contribution is 2.25. The monoisotopic (exact) mass is 560 g/mol. The van der Waals surface area contributed by atoms with Gasteiger partial charge in [-0.15, -0.1) is 0 Å². The van der Waals surface area contributed by atoms with Crippen molar-refractivity contribution >= 4 is 30.2 Å². The number of carboxylic acids is 2. The van der Waals surface area contributed by atoms with E-state index in [1.165, 1.54) is 0 Å². The fourth-order valence-corrected chi connectivity index (χ4v) is 4.67. The van der Waals surface area contributed by atoms with Crippen LogP contribution >= 0.6 is 0 Å². The standard InChI is InChI=1S/C37H36O5/c38-36(39)13-7-4-10-30(26-31-21-24-34(25-22-31)37(40)41)20-23-33-11-5-6-12-35(33)42-27-32-18-16-29(17-19-32)15-14-28-8-2-1-3-9-28/h1-3,5-6,8-9,11-12,14-25,30H,4,7,10,13,26-27H2,(H,38,39)(H,40,41). The molecule has 0 amide bonds. The molecule has 0 aromatic heterocycles. The van der Waals surface area contributed by atoms with Gasteiger partial charge in [-0.2, -0.15) is 0 Å². The van der Waals surface area contributed by atoms with Crippen LogP contribution in [0.5, 0.6) is 5.75 Å². The maximum absolute atomic E-state index is 11.2. The Balaban J connectivity index is 1.40. The lowest BCUT2D eigenvalue weighted by Gasteiger charge is -2.14. The molecule has 214 valence electrons. The van der Waals surface area contributed by atoms with E-state index in [1.807, 2.05) is 54.6 Å². The lowest BCUT2D eigenvalue weighted by Crippen LogP contribution is -2.04. The zero-order valence-electron chi connectivity index (χ0n) is 23.6. The van der Waals surface area contributed by atoms with Crippen LogP contribution in [0.4, 0.5) is 0 Å². The molecular weight excluding hydrogens is 524 g/mol. The number of carboxylic acid groups (broad SMARTS) is 2. The Morgan fingerprint density at radius 1 is 0.690 bits per heavy atom. The zero-order valence-corrected chi connectivity index (χ0v) is 23.6. The van der Waals surface area contributed by atoms with Crippen molar-refractivity contribution in [2.24, 2.45) is 5.92 Å². The van der Waals surface area contributed by atoms with Gasteiger partial charge in [-0.25, -0.2) is 4.79 Å². The molecule has 1 atom stereocenters. The van der Waals surface area contributed by atoms with Gasteiger partial charge >= 0.3 is 11.9 Å². The first-order chi connectivity index (χ1) is 20.5. The number of unbranched alkanes of at least 4 members (excludes halogenated alkanes) is 1. The van der Waals surface area contributed by atoms with E-state index >= 15 is 0 Å². The molecule has 1 unspecified atom stereocenters. The molecule has 0 saturated heterocycles. The van der Waals surface area contributed by atoms with Gasteiger partial charge in [0.05, 0.1) is 5.56 Å². The maximum atomic E-state index is 11.2. The molecule has 4 rings (SSSR count). The SMILES string of the molecule is O=C(O)CCCCC(C=Cc1ccccc1OCc1ccc(C=Cc2ccccc2)cc1)Cc1ccc(C(=O)O)cc1. The Kier molecular flexibility index (Phi) is 11.3. The van der Waals surface area contributed by atoms with Gasteiger partial charge in [0.15, 0.2) is 0 Å². The minimum atomic E-state index is -0.945. The molecular formula is C37H36O5. The minimum Gasteiger partial charge on any atom is -0.488 e. The van der Waals surface area contributed by atoms with Crippen LogP contribution in [-0.2, 0) is 17.8 Å². The highest BCUT2D eigenvalue weighted by atomic mass is 16.5. The lowest BCUT2D eigenvalue weighted by molar-refractivity contribution is -0.137. The van der Waals surface area contributed by atoms with Crippen LogP contribution in [0.3, 0.4) is 0 Å². The largest absolute Gasteiger partial charge is 0.488 e. The molecule has 0 bridgehead atoms. The molecule has 0 aliphatic heterocycles. The first-order valence-corrected chi connectivity index (χ1v) is 14.2. The Morgan fingerprint density at radius 3 is 2.02 bits per heavy atom. The lowest BCUT2D eigenvalue weighted by atomic mass is 9.92. The van der Waals surface area contributed by atoms with Crippen LogP contribution < -0.4 is 4.74 Å². The van der Waals surface area contributed by atoms with Gasteiger partial charge in [-0.1, -0.05) is 116 Å². The van der Waals surface area contributed by atoms with E-state index in [0.717, 1.165) is 52.8 Å². The third kappa shape index (κ3) is 9.93. The van der Waals surface area contributed by atoms with E-state index in [-0.39, 0.29) is 17.9 Å². The molecule has 5 nitrogen and oxygen atoms in total. The van der Waals surface area contributed by atoms with Crippen LogP contribution in [-0.4, -0.2) is 22.2 Å². The Hall–Kier alpha value is -4.90. The van der Waals surface area contributed by atoms with E-state index in [9.17, 15) is 14.7 Å². The number of para-hydroxylation sites is 1. The molecule has 5 heteroatoms. The van der Waals surface area contributed by atoms with Gasteiger partial charge in [0.2, 0.25) is 0 Å². The molecule has 2 N–H and O–H groups in total. The quantitative estimate of drug-likeness (QED) is 0.112. The van der Waals surface area contributed by atoms with Crippen molar-refractivity contribution in [2.45, 2.75) is 38.7 Å². The molecule has 4 aromatic rings. The summed E-state index contributed by atoms with van der Waals surface area (Å²) in [6.45, 7) is 0.447. The fraction of sp³-hybridized carbons (Fsp3) is 0.189. The molecule has 0 spiro atoms. The normalized spacial score (nSPS) is 12.0. The Labute approximate surface area is 247 Å². The van der Waals surface area contributed by atoms with Crippen molar-refractivity contribution in [1.82, 2.24) is 0 Å². The van der Waals surface area contributed by atoms with Crippen molar-refractivity contribution in [2.75, 3.05) is 0 Å². The third-order valence-corrected chi connectivity index (χ3v) is 7.02. The summed E-state index contributed by atoms with van der Waals surface area (Å²) >= 11 is 0. The van der Waals surface area contributed by atoms with Gasteiger partial charge < -0.3 is 14.9 Å². The van der Waals surface area contributed by atoms with E-state index in [2.05, 4.69) is 60.7 Å². The first kappa shape index (κ1) is 30.1. The highest BCUT2D eigenvalue weighted by molar-refractivity contribution is 5.87. The number of ether oxygens (including phenoxy) is 1. The molecule has 0 saturated carbocycles. The second kappa shape index (κ2) is 15.8. The van der Waals surface area contributed by atoms with Gasteiger partial charge in [0.25, 0.3) is 0 Å². The number of aromatic carboxylic acids is 1. The highest BCUT2D eigenvalue weighted by Gasteiger charge is 2.10. The number of allylic oxidation sites excluding steroid dienone is 1.